The maximum Gasteiger partial charge on any atom is 0.283 e. The largest absolute Gasteiger partial charge is 0.497 e. The molecule has 134 valence electrons. The first kappa shape index (κ1) is 17.5. The molecular formula is C19H13ClN4O2S. The summed E-state index contributed by atoms with van der Waals surface area (Å²) < 4.78 is 5.13. The molecule has 2 heterocycles. The molecule has 0 saturated carbocycles. The monoisotopic (exact) mass is 396 g/mol. The van der Waals surface area contributed by atoms with E-state index in [1.807, 2.05) is 30.3 Å². The van der Waals surface area contributed by atoms with Gasteiger partial charge < -0.3 is 4.74 Å². The van der Waals surface area contributed by atoms with E-state index in [-0.39, 0.29) is 11.4 Å². The third kappa shape index (κ3) is 3.27. The first-order valence-electron chi connectivity index (χ1n) is 7.96. The molecule has 0 fully saturated rings. The van der Waals surface area contributed by atoms with Crippen LogP contribution in [0.1, 0.15) is 11.1 Å². The maximum atomic E-state index is 12.4. The predicted molar refractivity (Wildman–Crippen MR) is 109 cm³/mol. The highest BCUT2D eigenvalue weighted by molar-refractivity contribution is 8.27. The summed E-state index contributed by atoms with van der Waals surface area (Å²) in [4.78, 5) is 16.5. The van der Waals surface area contributed by atoms with Gasteiger partial charge in [-0.15, -0.1) is 0 Å². The molecule has 2 aromatic carbocycles. The molecule has 0 spiro atoms. The Balaban J connectivity index is 1.68. The average Bonchev–Trinajstić information content (AvgIpc) is 3.10. The second kappa shape index (κ2) is 7.02. The summed E-state index contributed by atoms with van der Waals surface area (Å²) in [5, 5.41) is 15.7. The van der Waals surface area contributed by atoms with Crippen molar-refractivity contribution in [3.8, 4) is 5.75 Å². The fourth-order valence-corrected chi connectivity index (χ4v) is 3.81. The number of thioether (sulfide) groups is 1. The second-order valence-corrected chi connectivity index (χ2v) is 7.04. The van der Waals surface area contributed by atoms with Crippen LogP contribution in [0.2, 0.25) is 5.02 Å². The summed E-state index contributed by atoms with van der Waals surface area (Å²) in [5.41, 5.74) is 1.68. The number of methoxy groups -OCH3 is 1. The van der Waals surface area contributed by atoms with E-state index in [2.05, 4.69) is 10.1 Å². The van der Waals surface area contributed by atoms with E-state index in [4.69, 9.17) is 21.7 Å². The molecular weight excluding hydrogens is 384 g/mol. The Morgan fingerprint density at radius 1 is 1.19 bits per heavy atom. The minimum atomic E-state index is -0.467. The van der Waals surface area contributed by atoms with Crippen molar-refractivity contribution < 1.29 is 9.53 Å². The number of benzene rings is 2. The van der Waals surface area contributed by atoms with Crippen LogP contribution >= 0.6 is 23.4 Å². The number of nitrogens with one attached hydrogen (secondary N) is 1. The van der Waals surface area contributed by atoms with Gasteiger partial charge in [0.25, 0.3) is 5.91 Å². The maximum absolute atomic E-state index is 12.4. The molecule has 2 aliphatic heterocycles. The van der Waals surface area contributed by atoms with Gasteiger partial charge in [-0.1, -0.05) is 41.9 Å². The van der Waals surface area contributed by atoms with E-state index < -0.39 is 5.91 Å². The standard InChI is InChI=1S/C19H13ClN4O2S/c1-26-12-8-6-11(7-9-12)10-14-16(21)24-19(22-17(14)25)27-18(23-24)13-4-2-3-5-15(13)20/h2-10,21H,1H3/b14-10-,21-16?. The summed E-state index contributed by atoms with van der Waals surface area (Å²) in [7, 11) is 1.59. The number of hydrazone groups is 1. The van der Waals surface area contributed by atoms with E-state index in [9.17, 15) is 4.79 Å². The van der Waals surface area contributed by atoms with Crippen LogP contribution in [0.15, 0.2) is 64.2 Å². The van der Waals surface area contributed by atoms with Gasteiger partial charge in [-0.25, -0.2) is 0 Å². The number of hydrogen-bond acceptors (Lipinski definition) is 5. The van der Waals surface area contributed by atoms with E-state index in [0.29, 0.717) is 21.0 Å². The van der Waals surface area contributed by atoms with Crippen molar-refractivity contribution in [3.63, 3.8) is 0 Å². The number of amides is 1. The van der Waals surface area contributed by atoms with E-state index in [1.165, 1.54) is 16.8 Å². The number of hydrogen-bond donors (Lipinski definition) is 1. The number of rotatable bonds is 3. The zero-order valence-electron chi connectivity index (χ0n) is 14.1. The molecule has 1 amide bonds. The first-order chi connectivity index (χ1) is 13.1. The van der Waals surface area contributed by atoms with E-state index in [0.717, 1.165) is 11.1 Å². The number of aliphatic imine (C=N–C) groups is 1. The molecule has 0 saturated heterocycles. The van der Waals surface area contributed by atoms with Crippen LogP contribution in [0.3, 0.4) is 0 Å². The average molecular weight is 397 g/mol. The molecule has 0 bridgehead atoms. The van der Waals surface area contributed by atoms with Crippen molar-refractivity contribution in [2.24, 2.45) is 10.1 Å². The molecule has 2 aromatic rings. The van der Waals surface area contributed by atoms with Crippen molar-refractivity contribution in [2.45, 2.75) is 0 Å². The number of halogens is 1. The third-order valence-electron chi connectivity index (χ3n) is 3.99. The number of fused-ring (bicyclic) bond motifs is 1. The SMILES string of the molecule is COc1ccc(/C=C2/C(=N)N3N=C(c4ccccc4Cl)SC3=NC2=O)cc1. The summed E-state index contributed by atoms with van der Waals surface area (Å²) in [6, 6.07) is 14.5. The molecule has 2 aliphatic rings. The van der Waals surface area contributed by atoms with Crippen LogP contribution in [0.4, 0.5) is 0 Å². The quantitative estimate of drug-likeness (QED) is 0.795. The first-order valence-corrected chi connectivity index (χ1v) is 9.15. The Morgan fingerprint density at radius 3 is 2.63 bits per heavy atom. The number of carbonyl (C=O) groups is 1. The molecule has 0 aliphatic carbocycles. The Morgan fingerprint density at radius 2 is 1.93 bits per heavy atom. The fourth-order valence-electron chi connectivity index (χ4n) is 2.60. The van der Waals surface area contributed by atoms with E-state index >= 15 is 0 Å². The number of nitrogens with zero attached hydrogens (tertiary/aromatic N) is 3. The molecule has 0 atom stereocenters. The van der Waals surface area contributed by atoms with Gasteiger partial charge in [-0.2, -0.15) is 15.1 Å². The highest BCUT2D eigenvalue weighted by Gasteiger charge is 2.36. The summed E-state index contributed by atoms with van der Waals surface area (Å²) in [6.45, 7) is 0. The lowest BCUT2D eigenvalue weighted by Crippen LogP contribution is -2.35. The van der Waals surface area contributed by atoms with Crippen LogP contribution in [0, 0.1) is 5.41 Å². The van der Waals surface area contributed by atoms with Crippen molar-refractivity contribution in [2.75, 3.05) is 7.11 Å². The minimum absolute atomic E-state index is 0.0182. The Kier molecular flexibility index (Phi) is 4.55. The van der Waals surface area contributed by atoms with Crippen LogP contribution in [0.5, 0.6) is 5.75 Å². The predicted octanol–water partition coefficient (Wildman–Crippen LogP) is 4.02. The molecule has 27 heavy (non-hydrogen) atoms. The molecule has 0 aromatic heterocycles. The van der Waals surface area contributed by atoms with Crippen molar-refractivity contribution in [3.05, 3.63) is 70.3 Å². The third-order valence-corrected chi connectivity index (χ3v) is 5.26. The van der Waals surface area contributed by atoms with Gasteiger partial charge in [0, 0.05) is 5.56 Å². The van der Waals surface area contributed by atoms with Crippen molar-refractivity contribution in [1.82, 2.24) is 5.01 Å². The summed E-state index contributed by atoms with van der Waals surface area (Å²) in [6.07, 6.45) is 1.62. The van der Waals surface area contributed by atoms with E-state index in [1.54, 1.807) is 31.4 Å². The molecule has 8 heteroatoms. The lowest BCUT2D eigenvalue weighted by Gasteiger charge is -2.20. The fraction of sp³-hybridized carbons (Fsp3) is 0.0526. The Bertz CT molecular complexity index is 1040. The van der Waals surface area contributed by atoms with Crippen LogP contribution in [0.25, 0.3) is 6.08 Å². The van der Waals surface area contributed by atoms with Gasteiger partial charge in [-0.3, -0.25) is 10.2 Å². The number of amidine groups is 2. The van der Waals surface area contributed by atoms with Gasteiger partial charge in [0.15, 0.2) is 5.84 Å². The molecule has 0 radical (unpaired) electrons. The summed E-state index contributed by atoms with van der Waals surface area (Å²) in [5.74, 6) is 0.230. The zero-order chi connectivity index (χ0) is 19.0. The highest BCUT2D eigenvalue weighted by atomic mass is 35.5. The van der Waals surface area contributed by atoms with Gasteiger partial charge in [0.1, 0.15) is 10.8 Å². The second-order valence-electron chi connectivity index (χ2n) is 5.68. The van der Waals surface area contributed by atoms with Crippen LogP contribution < -0.4 is 4.74 Å². The van der Waals surface area contributed by atoms with Gasteiger partial charge >= 0.3 is 0 Å². The summed E-state index contributed by atoms with van der Waals surface area (Å²) >= 11 is 7.45. The molecule has 6 nitrogen and oxygen atoms in total. The highest BCUT2D eigenvalue weighted by Crippen LogP contribution is 2.33. The lowest BCUT2D eigenvalue weighted by molar-refractivity contribution is -0.114. The van der Waals surface area contributed by atoms with Crippen molar-refractivity contribution >= 4 is 51.4 Å². The van der Waals surface area contributed by atoms with Crippen LogP contribution in [-0.2, 0) is 4.79 Å². The topological polar surface area (TPSA) is 78.1 Å². The Labute approximate surface area is 164 Å². The van der Waals surface area contributed by atoms with Gasteiger partial charge in [0.2, 0.25) is 5.17 Å². The van der Waals surface area contributed by atoms with Crippen molar-refractivity contribution in [1.29, 1.82) is 5.41 Å². The number of carbonyl (C=O) groups excluding carboxylic acids is 1. The molecule has 0 unspecified atom stereocenters. The zero-order valence-corrected chi connectivity index (χ0v) is 15.7. The molecule has 1 N–H and O–H groups in total. The minimum Gasteiger partial charge on any atom is -0.497 e. The normalized spacial score (nSPS) is 17.7. The lowest BCUT2D eigenvalue weighted by atomic mass is 10.1. The van der Waals surface area contributed by atoms with Gasteiger partial charge in [-0.05, 0) is 41.6 Å². The Hall–Kier alpha value is -2.90. The van der Waals surface area contributed by atoms with Gasteiger partial charge in [0.05, 0.1) is 17.7 Å². The molecule has 4 rings (SSSR count). The smallest absolute Gasteiger partial charge is 0.283 e. The number of ether oxygens (including phenoxy) is 1. The van der Waals surface area contributed by atoms with Crippen LogP contribution in [-0.4, -0.2) is 34.1 Å².